The maximum Gasteiger partial charge on any atom is 0.315 e. The molecule has 1 saturated carbocycles. The van der Waals surface area contributed by atoms with Gasteiger partial charge in [0.2, 0.25) is 11.8 Å². The predicted molar refractivity (Wildman–Crippen MR) is 155 cm³/mol. The lowest BCUT2D eigenvalue weighted by Gasteiger charge is -2.37. The molecule has 1 unspecified atom stereocenters. The molecule has 5 amide bonds. The van der Waals surface area contributed by atoms with Crippen LogP contribution in [0.1, 0.15) is 74.7 Å². The third-order valence-electron chi connectivity index (χ3n) is 7.56. The highest BCUT2D eigenvalue weighted by Gasteiger charge is 2.55. The number of likely N-dealkylation sites (tertiary alicyclic amines) is 1. The Morgan fingerprint density at radius 2 is 1.56 bits per heavy atom. The second-order valence-electron chi connectivity index (χ2n) is 13.6. The van der Waals surface area contributed by atoms with E-state index in [1.54, 1.807) is 18.2 Å². The van der Waals surface area contributed by atoms with Gasteiger partial charge in [-0.3, -0.25) is 14.4 Å². The Balaban J connectivity index is 1.82. The van der Waals surface area contributed by atoms with Crippen LogP contribution >= 0.6 is 0 Å². The van der Waals surface area contributed by atoms with E-state index in [9.17, 15) is 27.6 Å². The zero-order valence-corrected chi connectivity index (χ0v) is 26.1. The van der Waals surface area contributed by atoms with E-state index < -0.39 is 56.4 Å². The molecule has 1 aliphatic carbocycles. The maximum atomic E-state index is 14.0. The molecule has 0 bridgehead atoms. The van der Waals surface area contributed by atoms with Crippen molar-refractivity contribution >= 4 is 33.8 Å². The first-order valence-electron chi connectivity index (χ1n) is 14.1. The van der Waals surface area contributed by atoms with Crippen molar-refractivity contribution in [1.29, 1.82) is 0 Å². The number of hydrogen-bond donors (Lipinski definition) is 4. The van der Waals surface area contributed by atoms with Crippen LogP contribution in [0.2, 0.25) is 0 Å². The van der Waals surface area contributed by atoms with Gasteiger partial charge in [-0.2, -0.15) is 0 Å². The molecule has 1 saturated heterocycles. The molecule has 2 aliphatic rings. The van der Waals surface area contributed by atoms with Gasteiger partial charge in [-0.25, -0.2) is 17.9 Å². The molecule has 228 valence electrons. The predicted octanol–water partition coefficient (Wildman–Crippen LogP) is 2.53. The molecule has 12 heteroatoms. The first kappa shape index (κ1) is 32.4. The Morgan fingerprint density at radius 3 is 2.05 bits per heavy atom. The lowest BCUT2D eigenvalue weighted by Crippen LogP contribution is -2.62. The molecule has 4 N–H and O–H groups in total. The lowest BCUT2D eigenvalue weighted by molar-refractivity contribution is -0.143. The average Bonchev–Trinajstić information content (AvgIpc) is 3.47. The van der Waals surface area contributed by atoms with Crippen LogP contribution in [0.3, 0.4) is 0 Å². The van der Waals surface area contributed by atoms with E-state index in [0.29, 0.717) is 13.0 Å². The topological polar surface area (TPSA) is 154 Å². The Bertz CT molecular complexity index is 1260. The number of urea groups is 1. The van der Waals surface area contributed by atoms with Crippen molar-refractivity contribution in [1.82, 2.24) is 25.6 Å². The van der Waals surface area contributed by atoms with Crippen molar-refractivity contribution in [3.63, 3.8) is 0 Å². The number of sulfonamides is 1. The molecule has 1 aliphatic heterocycles. The maximum absolute atomic E-state index is 14.0. The minimum Gasteiger partial charge on any atom is -0.340 e. The average molecular weight is 592 g/mol. The van der Waals surface area contributed by atoms with E-state index in [1.165, 1.54) is 17.0 Å². The van der Waals surface area contributed by atoms with Crippen molar-refractivity contribution in [3.05, 3.63) is 30.3 Å². The Morgan fingerprint density at radius 1 is 0.976 bits per heavy atom. The van der Waals surface area contributed by atoms with Crippen LogP contribution in [0, 0.1) is 17.3 Å². The Kier molecular flexibility index (Phi) is 9.17. The summed E-state index contributed by atoms with van der Waals surface area (Å²) >= 11 is 0. The summed E-state index contributed by atoms with van der Waals surface area (Å²) in [5.41, 5.74) is -2.54. The second kappa shape index (κ2) is 11.6. The highest BCUT2D eigenvalue weighted by atomic mass is 32.2. The van der Waals surface area contributed by atoms with Gasteiger partial charge >= 0.3 is 6.03 Å². The van der Waals surface area contributed by atoms with E-state index in [2.05, 4.69) is 20.7 Å². The summed E-state index contributed by atoms with van der Waals surface area (Å²) in [4.78, 5) is 55.1. The Labute approximate surface area is 243 Å². The highest BCUT2D eigenvalue weighted by molar-refractivity contribution is 7.90. The molecule has 1 aromatic carbocycles. The first-order valence-corrected chi connectivity index (χ1v) is 15.6. The van der Waals surface area contributed by atoms with Gasteiger partial charge in [-0.05, 0) is 69.4 Å². The monoisotopic (exact) mass is 591 g/mol. The molecular formula is C29H45N5O6S. The largest absolute Gasteiger partial charge is 0.340 e. The molecule has 11 nitrogen and oxygen atoms in total. The molecule has 3 rings (SSSR count). The molecule has 2 fully saturated rings. The van der Waals surface area contributed by atoms with Gasteiger partial charge in [-0.15, -0.1) is 0 Å². The molecule has 0 aromatic heterocycles. The third kappa shape index (κ3) is 7.78. The van der Waals surface area contributed by atoms with Crippen LogP contribution < -0.4 is 20.7 Å². The van der Waals surface area contributed by atoms with Gasteiger partial charge in [0.15, 0.2) is 0 Å². The molecule has 0 radical (unpaired) electrons. The summed E-state index contributed by atoms with van der Waals surface area (Å²) in [6.07, 6.45) is 1.14. The summed E-state index contributed by atoms with van der Waals surface area (Å²) in [7, 11) is -4.12. The standard InChI is InChI=1S/C29H45N5O6S/c1-18(2)20-14-17-34(24(36)22(27(3,4)5)30-26(38)32-28(6,7)8)21(20)23(35)31-29(15-16-29)25(37)33-41(39,40)19-12-10-9-11-13-19/h9-13,18,20-22H,14-17H2,1-8H3,(H,31,35)(H,33,37)(H2,30,32,38)/t20-,21?,22-/m1/s1. The highest BCUT2D eigenvalue weighted by Crippen LogP contribution is 2.38. The van der Waals surface area contributed by atoms with Crippen molar-refractivity contribution in [2.24, 2.45) is 17.3 Å². The van der Waals surface area contributed by atoms with Crippen molar-refractivity contribution in [2.75, 3.05) is 6.54 Å². The number of carbonyl (C=O) groups is 4. The number of nitrogens with one attached hydrogen (secondary N) is 4. The van der Waals surface area contributed by atoms with Gasteiger partial charge in [0, 0.05) is 12.1 Å². The molecule has 1 aromatic rings. The molecule has 3 atom stereocenters. The van der Waals surface area contributed by atoms with Gasteiger partial charge in [0.25, 0.3) is 15.9 Å². The molecular weight excluding hydrogens is 546 g/mol. The molecule has 0 spiro atoms. The van der Waals surface area contributed by atoms with E-state index in [0.717, 1.165) is 0 Å². The van der Waals surface area contributed by atoms with Crippen LogP contribution in [0.25, 0.3) is 0 Å². The van der Waals surface area contributed by atoms with Crippen LogP contribution in [0.5, 0.6) is 0 Å². The van der Waals surface area contributed by atoms with Crippen LogP contribution in [0.15, 0.2) is 35.2 Å². The second-order valence-corrected chi connectivity index (χ2v) is 15.3. The SMILES string of the molecule is CC(C)[C@H]1CCN(C(=O)[C@@H](NC(=O)NC(C)(C)C)C(C)(C)C)C1C(=O)NC1(C(=O)NS(=O)(=O)c2ccccc2)CC1. The normalized spacial score (nSPS) is 21.1. The van der Waals surface area contributed by atoms with Gasteiger partial charge in [0.05, 0.1) is 4.90 Å². The fourth-order valence-electron chi connectivity index (χ4n) is 5.14. The summed E-state index contributed by atoms with van der Waals surface area (Å²) in [6.45, 7) is 15.3. The van der Waals surface area contributed by atoms with E-state index in [4.69, 9.17) is 0 Å². The summed E-state index contributed by atoms with van der Waals surface area (Å²) in [5.74, 6) is -1.83. The van der Waals surface area contributed by atoms with Crippen LogP contribution in [-0.2, 0) is 24.4 Å². The van der Waals surface area contributed by atoms with Gasteiger partial charge in [-0.1, -0.05) is 52.8 Å². The van der Waals surface area contributed by atoms with Crippen molar-refractivity contribution in [3.8, 4) is 0 Å². The zero-order chi connectivity index (χ0) is 31.0. The summed E-state index contributed by atoms with van der Waals surface area (Å²) < 4.78 is 27.6. The fraction of sp³-hybridized carbons (Fsp3) is 0.655. The number of benzene rings is 1. The summed E-state index contributed by atoms with van der Waals surface area (Å²) in [5, 5.41) is 8.42. The lowest BCUT2D eigenvalue weighted by atomic mass is 9.84. The minimum atomic E-state index is -4.12. The number of rotatable bonds is 8. The quantitative estimate of drug-likeness (QED) is 0.364. The zero-order valence-electron chi connectivity index (χ0n) is 25.3. The number of nitrogens with zero attached hydrogens (tertiary/aromatic N) is 1. The number of hydrogen-bond acceptors (Lipinski definition) is 6. The third-order valence-corrected chi connectivity index (χ3v) is 8.90. The van der Waals surface area contributed by atoms with Crippen molar-refractivity contribution < 1.29 is 27.6 Å². The van der Waals surface area contributed by atoms with E-state index >= 15 is 0 Å². The van der Waals surface area contributed by atoms with Crippen molar-refractivity contribution in [2.45, 2.75) is 103 Å². The fourth-order valence-corrected chi connectivity index (χ4v) is 6.21. The molecule has 1 heterocycles. The van der Waals surface area contributed by atoms with E-state index in [1.807, 2.05) is 55.4 Å². The van der Waals surface area contributed by atoms with Gasteiger partial charge < -0.3 is 20.9 Å². The van der Waals surface area contributed by atoms with E-state index in [-0.39, 0.29) is 35.5 Å². The number of amides is 5. The minimum absolute atomic E-state index is 0.0521. The Hall–Kier alpha value is -3.15. The molecule has 41 heavy (non-hydrogen) atoms. The van der Waals surface area contributed by atoms with Gasteiger partial charge in [0.1, 0.15) is 17.6 Å². The smallest absolute Gasteiger partial charge is 0.315 e. The first-order chi connectivity index (χ1) is 18.8. The van der Waals surface area contributed by atoms with Crippen LogP contribution in [0.4, 0.5) is 4.79 Å². The summed E-state index contributed by atoms with van der Waals surface area (Å²) in [6, 6.07) is 5.25. The van der Waals surface area contributed by atoms with Crippen LogP contribution in [-0.4, -0.2) is 66.8 Å². The number of carbonyl (C=O) groups excluding carboxylic acids is 4.